The largest absolute Gasteiger partial charge is 0.374 e. The Labute approximate surface area is 82.5 Å². The van der Waals surface area contributed by atoms with E-state index >= 15 is 0 Å². The van der Waals surface area contributed by atoms with Gasteiger partial charge in [-0.1, -0.05) is 30.4 Å². The van der Waals surface area contributed by atoms with Gasteiger partial charge in [-0.15, -0.1) is 0 Å². The average Bonchev–Trinajstić information content (AvgIpc) is 2.09. The van der Waals surface area contributed by atoms with Crippen LogP contribution in [-0.2, 0) is 4.79 Å². The third kappa shape index (κ3) is 2.75. The van der Waals surface area contributed by atoms with Crippen molar-refractivity contribution in [3.8, 4) is 0 Å². The summed E-state index contributed by atoms with van der Waals surface area (Å²) in [5, 5.41) is 3.00. The van der Waals surface area contributed by atoms with Crippen LogP contribution in [0, 0.1) is 0 Å². The van der Waals surface area contributed by atoms with E-state index in [-0.39, 0.29) is 5.25 Å². The highest BCUT2D eigenvalue weighted by molar-refractivity contribution is 8.23. The Morgan fingerprint density at radius 3 is 3.00 bits per heavy atom. The summed E-state index contributed by atoms with van der Waals surface area (Å²) in [7, 11) is 1.79. The van der Waals surface area contributed by atoms with E-state index in [1.165, 1.54) is 11.8 Å². The van der Waals surface area contributed by atoms with Crippen molar-refractivity contribution in [1.82, 2.24) is 5.32 Å². The Kier molecular flexibility index (Phi) is 4.01. The van der Waals surface area contributed by atoms with Gasteiger partial charge in [0.2, 0.25) is 0 Å². The molecule has 0 aromatic carbocycles. The van der Waals surface area contributed by atoms with Crippen molar-refractivity contribution in [2.24, 2.45) is 0 Å². The summed E-state index contributed by atoms with van der Waals surface area (Å²) in [6, 6.07) is 0. The molecule has 1 atom stereocenters. The maximum Gasteiger partial charge on any atom is 0.146 e. The van der Waals surface area contributed by atoms with Crippen LogP contribution in [0.3, 0.4) is 0 Å². The lowest BCUT2D eigenvalue weighted by Gasteiger charge is -2.19. The molecular formula is C8H13NOS2. The van der Waals surface area contributed by atoms with Crippen molar-refractivity contribution >= 4 is 34.1 Å². The van der Waals surface area contributed by atoms with Gasteiger partial charge in [0.1, 0.15) is 10.1 Å². The van der Waals surface area contributed by atoms with E-state index in [4.69, 9.17) is 12.2 Å². The minimum absolute atomic E-state index is 0.124. The lowest BCUT2D eigenvalue weighted by atomic mass is 9.99. The smallest absolute Gasteiger partial charge is 0.146 e. The summed E-state index contributed by atoms with van der Waals surface area (Å²) >= 11 is 6.49. The highest BCUT2D eigenvalue weighted by Crippen LogP contribution is 2.25. The topological polar surface area (TPSA) is 29.1 Å². The van der Waals surface area contributed by atoms with Crippen LogP contribution in [0.2, 0.25) is 0 Å². The number of thioether (sulfide) groups is 1. The molecule has 4 heteroatoms. The van der Waals surface area contributed by atoms with Crippen LogP contribution in [0.1, 0.15) is 25.7 Å². The van der Waals surface area contributed by atoms with Gasteiger partial charge in [-0.2, -0.15) is 0 Å². The predicted octanol–water partition coefficient (Wildman–Crippen LogP) is 1.74. The number of carbonyl (C=O) groups excluding carboxylic acids is 1. The maximum atomic E-state index is 11.3. The van der Waals surface area contributed by atoms with Crippen molar-refractivity contribution in [3.05, 3.63) is 0 Å². The molecule has 0 aromatic rings. The second-order valence-corrected chi connectivity index (χ2v) is 4.74. The maximum absolute atomic E-state index is 11.3. The minimum atomic E-state index is 0.124. The van der Waals surface area contributed by atoms with E-state index in [9.17, 15) is 4.79 Å². The standard InChI is InChI=1S/C8H13NOS2/c1-9-8(11)12-7-5-3-2-4-6(7)10/h7H,2-5H2,1H3,(H,9,11). The summed E-state index contributed by atoms with van der Waals surface area (Å²) in [6.07, 6.45) is 3.95. The van der Waals surface area contributed by atoms with Crippen molar-refractivity contribution in [2.45, 2.75) is 30.9 Å². The number of ketones is 1. The zero-order chi connectivity index (χ0) is 8.97. The van der Waals surface area contributed by atoms with Crippen LogP contribution < -0.4 is 5.32 Å². The number of hydrogen-bond donors (Lipinski definition) is 1. The highest BCUT2D eigenvalue weighted by Gasteiger charge is 2.23. The molecule has 1 fully saturated rings. The number of carbonyl (C=O) groups is 1. The zero-order valence-corrected chi connectivity index (χ0v) is 8.76. The first-order valence-corrected chi connectivity index (χ1v) is 5.44. The second kappa shape index (κ2) is 4.82. The zero-order valence-electron chi connectivity index (χ0n) is 7.13. The van der Waals surface area contributed by atoms with Crippen molar-refractivity contribution in [3.63, 3.8) is 0 Å². The molecule has 0 aromatic heterocycles. The molecule has 1 aliphatic carbocycles. The van der Waals surface area contributed by atoms with Gasteiger partial charge < -0.3 is 5.32 Å². The number of nitrogens with one attached hydrogen (secondary N) is 1. The van der Waals surface area contributed by atoms with Crippen molar-refractivity contribution < 1.29 is 4.79 Å². The molecule has 0 bridgehead atoms. The summed E-state index contributed by atoms with van der Waals surface area (Å²) in [4.78, 5) is 11.3. The summed E-state index contributed by atoms with van der Waals surface area (Å²) in [5.41, 5.74) is 0. The molecule has 12 heavy (non-hydrogen) atoms. The number of thiocarbonyl (C=S) groups is 1. The third-order valence-electron chi connectivity index (χ3n) is 1.95. The molecule has 2 nitrogen and oxygen atoms in total. The number of Topliss-reactive ketones (excluding diaryl/α,β-unsaturated/α-hetero) is 1. The Morgan fingerprint density at radius 1 is 1.67 bits per heavy atom. The SMILES string of the molecule is CNC(=S)SC1CCCCC1=O. The van der Waals surface area contributed by atoms with Gasteiger partial charge in [0.05, 0.1) is 5.25 Å². The predicted molar refractivity (Wildman–Crippen MR) is 56.5 cm³/mol. The molecule has 0 radical (unpaired) electrons. The fourth-order valence-electron chi connectivity index (χ4n) is 1.26. The van der Waals surface area contributed by atoms with Gasteiger partial charge in [0.25, 0.3) is 0 Å². The van der Waals surface area contributed by atoms with Gasteiger partial charge in [0, 0.05) is 13.5 Å². The van der Waals surface area contributed by atoms with Gasteiger partial charge in [-0.3, -0.25) is 4.79 Å². The van der Waals surface area contributed by atoms with Gasteiger partial charge in [-0.25, -0.2) is 0 Å². The first kappa shape index (κ1) is 9.99. The van der Waals surface area contributed by atoms with Crippen molar-refractivity contribution in [2.75, 3.05) is 7.05 Å². The van der Waals surface area contributed by atoms with E-state index in [1.54, 1.807) is 7.05 Å². The lowest BCUT2D eigenvalue weighted by Crippen LogP contribution is -2.25. The summed E-state index contributed by atoms with van der Waals surface area (Å²) < 4.78 is 0.732. The van der Waals surface area contributed by atoms with E-state index in [0.29, 0.717) is 5.78 Å². The Balaban J connectivity index is 2.39. The van der Waals surface area contributed by atoms with Crippen LogP contribution in [0.4, 0.5) is 0 Å². The molecular weight excluding hydrogens is 190 g/mol. The van der Waals surface area contributed by atoms with Gasteiger partial charge in [0.15, 0.2) is 0 Å². The summed E-state index contributed by atoms with van der Waals surface area (Å²) in [6.45, 7) is 0. The molecule has 0 aliphatic heterocycles. The molecule has 1 saturated carbocycles. The van der Waals surface area contributed by atoms with Gasteiger partial charge >= 0.3 is 0 Å². The van der Waals surface area contributed by atoms with Crippen LogP contribution in [0.25, 0.3) is 0 Å². The lowest BCUT2D eigenvalue weighted by molar-refractivity contribution is -0.119. The highest BCUT2D eigenvalue weighted by atomic mass is 32.2. The molecule has 0 amide bonds. The Bertz CT molecular complexity index is 193. The van der Waals surface area contributed by atoms with Crippen LogP contribution in [0.5, 0.6) is 0 Å². The average molecular weight is 203 g/mol. The molecule has 68 valence electrons. The molecule has 0 saturated heterocycles. The molecule has 0 spiro atoms. The van der Waals surface area contributed by atoms with Crippen LogP contribution in [-0.4, -0.2) is 22.4 Å². The first-order valence-electron chi connectivity index (χ1n) is 4.15. The number of hydrogen-bond acceptors (Lipinski definition) is 3. The quantitative estimate of drug-likeness (QED) is 0.657. The van der Waals surface area contributed by atoms with Crippen LogP contribution >= 0.6 is 24.0 Å². The molecule has 1 N–H and O–H groups in total. The second-order valence-electron chi connectivity index (χ2n) is 2.86. The molecule has 0 heterocycles. The van der Waals surface area contributed by atoms with Crippen LogP contribution in [0.15, 0.2) is 0 Å². The monoisotopic (exact) mass is 203 g/mol. The molecule has 1 aliphatic rings. The first-order chi connectivity index (χ1) is 5.74. The third-order valence-corrected chi connectivity index (χ3v) is 3.65. The molecule has 1 rings (SSSR count). The summed E-state index contributed by atoms with van der Waals surface area (Å²) in [5.74, 6) is 0.365. The van der Waals surface area contributed by atoms with E-state index in [1.807, 2.05) is 0 Å². The van der Waals surface area contributed by atoms with Gasteiger partial charge in [-0.05, 0) is 12.8 Å². The van der Waals surface area contributed by atoms with Crippen molar-refractivity contribution in [1.29, 1.82) is 0 Å². The van der Waals surface area contributed by atoms with E-state index < -0.39 is 0 Å². The minimum Gasteiger partial charge on any atom is -0.374 e. The number of rotatable bonds is 1. The fraction of sp³-hybridized carbons (Fsp3) is 0.750. The normalized spacial score (nSPS) is 23.8. The Hall–Kier alpha value is -0.0900. The van der Waals surface area contributed by atoms with E-state index in [0.717, 1.165) is 30.0 Å². The Morgan fingerprint density at radius 2 is 2.42 bits per heavy atom. The van der Waals surface area contributed by atoms with E-state index in [2.05, 4.69) is 5.32 Å². The molecule has 1 unspecified atom stereocenters. The fourth-order valence-corrected chi connectivity index (χ4v) is 2.52.